The van der Waals surface area contributed by atoms with Gasteiger partial charge in [-0.25, -0.2) is 8.42 Å². The van der Waals surface area contributed by atoms with Crippen LogP contribution in [0.1, 0.15) is 24.0 Å². The van der Waals surface area contributed by atoms with Crippen molar-refractivity contribution in [3.05, 3.63) is 52.5 Å². The van der Waals surface area contributed by atoms with Crippen LogP contribution in [-0.4, -0.2) is 47.4 Å². The lowest BCUT2D eigenvalue weighted by atomic mass is 10.1. The number of benzene rings is 2. The molecule has 0 spiro atoms. The Balaban J connectivity index is 1.80. The summed E-state index contributed by atoms with van der Waals surface area (Å²) in [6, 6.07) is 10.6. The van der Waals surface area contributed by atoms with Gasteiger partial charge in [-0.1, -0.05) is 17.7 Å². The summed E-state index contributed by atoms with van der Waals surface area (Å²) in [5, 5.41) is 3.10. The van der Waals surface area contributed by atoms with E-state index in [1.54, 1.807) is 12.1 Å². The second kappa shape index (κ2) is 11.2. The summed E-state index contributed by atoms with van der Waals surface area (Å²) >= 11 is 6.12. The van der Waals surface area contributed by atoms with Crippen LogP contribution in [0.3, 0.4) is 0 Å². The number of nitrogens with one attached hydrogen (secondary N) is 1. The van der Waals surface area contributed by atoms with Crippen molar-refractivity contribution in [2.45, 2.75) is 26.7 Å². The minimum atomic E-state index is -3.53. The third kappa shape index (κ3) is 7.63. The normalized spacial score (nSPS) is 11.1. The molecule has 2 rings (SSSR count). The van der Waals surface area contributed by atoms with Crippen LogP contribution in [0.15, 0.2) is 36.4 Å². The maximum absolute atomic E-state index is 12.2. The van der Waals surface area contributed by atoms with E-state index in [9.17, 15) is 13.2 Å². The first-order valence-electron chi connectivity index (χ1n) is 9.90. The van der Waals surface area contributed by atoms with Crippen molar-refractivity contribution in [3.8, 4) is 11.5 Å². The van der Waals surface area contributed by atoms with Gasteiger partial charge in [0.2, 0.25) is 15.9 Å². The molecule has 0 fully saturated rings. The van der Waals surface area contributed by atoms with E-state index in [-0.39, 0.29) is 18.9 Å². The predicted octanol–water partition coefficient (Wildman–Crippen LogP) is 3.71. The molecule has 0 aliphatic rings. The zero-order chi connectivity index (χ0) is 23.0. The highest BCUT2D eigenvalue weighted by Gasteiger charge is 2.19. The van der Waals surface area contributed by atoms with Crippen LogP contribution in [-0.2, 0) is 14.8 Å². The van der Waals surface area contributed by atoms with Crippen molar-refractivity contribution in [1.82, 2.24) is 5.32 Å². The largest absolute Gasteiger partial charge is 0.495 e. The number of ether oxygens (including phenoxy) is 2. The van der Waals surface area contributed by atoms with E-state index >= 15 is 0 Å². The fourth-order valence-electron chi connectivity index (χ4n) is 2.93. The molecule has 1 amide bonds. The Morgan fingerprint density at radius 3 is 2.48 bits per heavy atom. The fourth-order valence-corrected chi connectivity index (χ4v) is 4.14. The number of rotatable bonds is 11. The van der Waals surface area contributed by atoms with Gasteiger partial charge in [0.25, 0.3) is 0 Å². The summed E-state index contributed by atoms with van der Waals surface area (Å²) in [6.45, 7) is 4.94. The van der Waals surface area contributed by atoms with Gasteiger partial charge in [-0.3, -0.25) is 9.10 Å². The summed E-state index contributed by atoms with van der Waals surface area (Å²) < 4.78 is 36.4. The Labute approximate surface area is 189 Å². The highest BCUT2D eigenvalue weighted by molar-refractivity contribution is 7.92. The topological polar surface area (TPSA) is 84.9 Å². The Morgan fingerprint density at radius 2 is 1.87 bits per heavy atom. The van der Waals surface area contributed by atoms with Gasteiger partial charge < -0.3 is 14.8 Å². The van der Waals surface area contributed by atoms with Crippen LogP contribution in [0.25, 0.3) is 0 Å². The Bertz CT molecular complexity index is 1010. The highest BCUT2D eigenvalue weighted by atomic mass is 35.5. The lowest BCUT2D eigenvalue weighted by molar-refractivity contribution is -0.121. The Hall–Kier alpha value is -2.45. The molecular formula is C22H29ClN2O5S. The Kier molecular flexibility index (Phi) is 9.00. The summed E-state index contributed by atoms with van der Waals surface area (Å²) in [5.74, 6) is 1.06. The number of nitrogens with zero attached hydrogens (tertiary/aromatic N) is 1. The van der Waals surface area contributed by atoms with Gasteiger partial charge in [0, 0.05) is 13.0 Å². The molecule has 0 atom stereocenters. The van der Waals surface area contributed by atoms with Crippen LogP contribution < -0.4 is 19.1 Å². The number of amides is 1. The highest BCUT2D eigenvalue weighted by Crippen LogP contribution is 2.30. The van der Waals surface area contributed by atoms with Crippen molar-refractivity contribution in [3.63, 3.8) is 0 Å². The first kappa shape index (κ1) is 24.8. The first-order chi connectivity index (χ1) is 14.6. The molecule has 0 saturated carbocycles. The van der Waals surface area contributed by atoms with Gasteiger partial charge in [-0.2, -0.15) is 0 Å². The monoisotopic (exact) mass is 468 g/mol. The Morgan fingerprint density at radius 1 is 1.13 bits per heavy atom. The van der Waals surface area contributed by atoms with E-state index in [2.05, 4.69) is 5.32 Å². The lowest BCUT2D eigenvalue weighted by Gasteiger charge is -2.23. The number of hydrogen-bond acceptors (Lipinski definition) is 5. The molecule has 0 aliphatic heterocycles. The molecule has 7 nitrogen and oxygen atoms in total. The van der Waals surface area contributed by atoms with E-state index < -0.39 is 10.0 Å². The van der Waals surface area contributed by atoms with E-state index in [1.165, 1.54) is 23.0 Å². The molecule has 0 heterocycles. The van der Waals surface area contributed by atoms with Crippen LogP contribution in [0, 0.1) is 13.8 Å². The minimum absolute atomic E-state index is 0.161. The molecule has 2 aromatic rings. The van der Waals surface area contributed by atoms with Crippen LogP contribution in [0.4, 0.5) is 5.69 Å². The van der Waals surface area contributed by atoms with Crippen LogP contribution in [0.2, 0.25) is 5.02 Å². The molecule has 0 saturated heterocycles. The molecule has 0 bridgehead atoms. The molecule has 0 unspecified atom stereocenters. The van der Waals surface area contributed by atoms with Crippen LogP contribution >= 0.6 is 11.6 Å². The summed E-state index contributed by atoms with van der Waals surface area (Å²) in [4.78, 5) is 12.1. The third-order valence-electron chi connectivity index (χ3n) is 4.76. The van der Waals surface area contributed by atoms with Crippen molar-refractivity contribution in [2.75, 3.05) is 37.4 Å². The molecule has 1 N–H and O–H groups in total. The second-order valence-corrected chi connectivity index (χ2v) is 9.52. The maximum Gasteiger partial charge on any atom is 0.232 e. The first-order valence-corrected chi connectivity index (χ1v) is 12.1. The smallest absolute Gasteiger partial charge is 0.232 e. The van der Waals surface area contributed by atoms with Crippen molar-refractivity contribution in [1.29, 1.82) is 0 Å². The molecule has 9 heteroatoms. The van der Waals surface area contributed by atoms with E-state index in [0.29, 0.717) is 36.0 Å². The van der Waals surface area contributed by atoms with E-state index in [0.717, 1.165) is 17.6 Å². The van der Waals surface area contributed by atoms with Crippen LogP contribution in [0.5, 0.6) is 11.5 Å². The number of anilines is 1. The van der Waals surface area contributed by atoms with Gasteiger partial charge in [-0.05, 0) is 61.7 Å². The quantitative estimate of drug-likeness (QED) is 0.508. The van der Waals surface area contributed by atoms with Gasteiger partial charge in [0.1, 0.15) is 18.1 Å². The molecule has 2 aromatic carbocycles. The number of aryl methyl sites for hydroxylation is 2. The summed E-state index contributed by atoms with van der Waals surface area (Å²) in [7, 11) is -2.04. The zero-order valence-corrected chi connectivity index (χ0v) is 19.8. The van der Waals surface area contributed by atoms with Gasteiger partial charge >= 0.3 is 0 Å². The minimum Gasteiger partial charge on any atom is -0.495 e. The number of carbonyl (C=O) groups is 1. The number of sulfonamides is 1. The molecule has 0 radical (unpaired) electrons. The molecule has 0 aromatic heterocycles. The number of carbonyl (C=O) groups excluding carboxylic acids is 1. The van der Waals surface area contributed by atoms with Gasteiger partial charge in [0.05, 0.1) is 30.6 Å². The average Bonchev–Trinajstić information content (AvgIpc) is 2.70. The predicted molar refractivity (Wildman–Crippen MR) is 124 cm³/mol. The standard InChI is InChI=1S/C22H29ClN2O5S/c1-16-7-9-19(14-17(16)2)30-13-11-24-22(26)6-5-12-25(31(4,27)28)18-8-10-21(29-3)20(23)15-18/h7-10,14-15H,5-6,11-13H2,1-4H3,(H,24,26). The number of methoxy groups -OCH3 is 1. The molecule has 31 heavy (non-hydrogen) atoms. The molecular weight excluding hydrogens is 440 g/mol. The molecule has 170 valence electrons. The van der Waals surface area contributed by atoms with Gasteiger partial charge in [-0.15, -0.1) is 0 Å². The molecule has 0 aliphatic carbocycles. The number of hydrogen-bond donors (Lipinski definition) is 1. The lowest BCUT2D eigenvalue weighted by Crippen LogP contribution is -2.33. The third-order valence-corrected chi connectivity index (χ3v) is 6.25. The average molecular weight is 469 g/mol. The van der Waals surface area contributed by atoms with E-state index in [1.807, 2.05) is 32.0 Å². The summed E-state index contributed by atoms with van der Waals surface area (Å²) in [5.41, 5.74) is 2.77. The van der Waals surface area contributed by atoms with Crippen molar-refractivity contribution >= 4 is 33.2 Å². The number of halogens is 1. The second-order valence-electron chi connectivity index (χ2n) is 7.20. The van der Waals surface area contributed by atoms with E-state index in [4.69, 9.17) is 21.1 Å². The SMILES string of the molecule is COc1ccc(N(CCCC(=O)NCCOc2ccc(C)c(C)c2)S(C)(=O)=O)cc1Cl. The van der Waals surface area contributed by atoms with Gasteiger partial charge in [0.15, 0.2) is 0 Å². The summed E-state index contributed by atoms with van der Waals surface area (Å²) in [6.07, 6.45) is 1.68. The fraction of sp³-hybridized carbons (Fsp3) is 0.409. The van der Waals surface area contributed by atoms with Crippen molar-refractivity contribution < 1.29 is 22.7 Å². The van der Waals surface area contributed by atoms with Crippen molar-refractivity contribution in [2.24, 2.45) is 0 Å². The maximum atomic E-state index is 12.2. The zero-order valence-electron chi connectivity index (χ0n) is 18.3.